The molecule has 8 heteroatoms. The molecule has 0 saturated carbocycles. The SMILES string of the molecule is Cc1ccc(S(=O)(=O)N[C@H](Cc2ccccc2)C(=O)NCCN2CCOCC2)cc1. The third-order valence-corrected chi connectivity index (χ3v) is 6.55. The minimum Gasteiger partial charge on any atom is -0.379 e. The smallest absolute Gasteiger partial charge is 0.241 e. The molecule has 0 aliphatic carbocycles. The number of nitrogens with one attached hydrogen (secondary N) is 2. The average molecular weight is 432 g/mol. The van der Waals surface area contributed by atoms with E-state index in [0.29, 0.717) is 26.3 Å². The highest BCUT2D eigenvalue weighted by atomic mass is 32.2. The van der Waals surface area contributed by atoms with Crippen LogP contribution in [0.3, 0.4) is 0 Å². The van der Waals surface area contributed by atoms with Crippen molar-refractivity contribution < 1.29 is 17.9 Å². The van der Waals surface area contributed by atoms with Gasteiger partial charge in [-0.05, 0) is 31.0 Å². The van der Waals surface area contributed by atoms with E-state index in [-0.39, 0.29) is 17.2 Å². The maximum Gasteiger partial charge on any atom is 0.241 e. The number of amides is 1. The Morgan fingerprint density at radius 3 is 2.40 bits per heavy atom. The number of ether oxygens (including phenoxy) is 1. The third kappa shape index (κ3) is 6.63. The van der Waals surface area contributed by atoms with E-state index in [2.05, 4.69) is 14.9 Å². The third-order valence-electron chi connectivity index (χ3n) is 5.06. The summed E-state index contributed by atoms with van der Waals surface area (Å²) < 4.78 is 33.6. The Hall–Kier alpha value is -2.26. The number of hydrogen-bond donors (Lipinski definition) is 2. The fraction of sp³-hybridized carbons (Fsp3) is 0.409. The van der Waals surface area contributed by atoms with Crippen molar-refractivity contribution in [2.75, 3.05) is 39.4 Å². The molecule has 1 fully saturated rings. The largest absolute Gasteiger partial charge is 0.379 e. The fourth-order valence-electron chi connectivity index (χ4n) is 3.30. The summed E-state index contributed by atoms with van der Waals surface area (Å²) in [7, 11) is -3.82. The van der Waals surface area contributed by atoms with Gasteiger partial charge in [0, 0.05) is 26.2 Å². The molecule has 2 aromatic rings. The summed E-state index contributed by atoms with van der Waals surface area (Å²) in [6.07, 6.45) is 0.273. The monoisotopic (exact) mass is 431 g/mol. The van der Waals surface area contributed by atoms with Gasteiger partial charge in [-0.3, -0.25) is 9.69 Å². The number of nitrogens with zero attached hydrogens (tertiary/aromatic N) is 1. The first kappa shape index (κ1) is 22.4. The number of carbonyl (C=O) groups excluding carboxylic acids is 1. The van der Waals surface area contributed by atoms with Crippen molar-refractivity contribution in [3.63, 3.8) is 0 Å². The number of carbonyl (C=O) groups is 1. The molecule has 2 aromatic carbocycles. The number of morpholine rings is 1. The highest BCUT2D eigenvalue weighted by molar-refractivity contribution is 7.89. The quantitative estimate of drug-likeness (QED) is 0.626. The van der Waals surface area contributed by atoms with Crippen LogP contribution in [0.4, 0.5) is 0 Å². The minimum atomic E-state index is -3.82. The molecular formula is C22H29N3O4S. The van der Waals surface area contributed by atoms with Gasteiger partial charge in [0.05, 0.1) is 18.1 Å². The summed E-state index contributed by atoms with van der Waals surface area (Å²) in [4.78, 5) is 15.2. The zero-order chi connectivity index (χ0) is 21.4. The van der Waals surface area contributed by atoms with Gasteiger partial charge in [0.2, 0.25) is 15.9 Å². The molecule has 0 radical (unpaired) electrons. The number of hydrogen-bond acceptors (Lipinski definition) is 5. The lowest BCUT2D eigenvalue weighted by Gasteiger charge is -2.27. The Morgan fingerprint density at radius 1 is 1.07 bits per heavy atom. The van der Waals surface area contributed by atoms with Gasteiger partial charge in [-0.1, -0.05) is 48.0 Å². The number of benzene rings is 2. The Morgan fingerprint density at radius 2 is 1.73 bits per heavy atom. The molecule has 1 aliphatic rings. The summed E-state index contributed by atoms with van der Waals surface area (Å²) >= 11 is 0. The van der Waals surface area contributed by atoms with Crippen molar-refractivity contribution in [1.82, 2.24) is 14.9 Å². The zero-order valence-electron chi connectivity index (χ0n) is 17.2. The van der Waals surface area contributed by atoms with Crippen LogP contribution in [-0.2, 0) is 26.0 Å². The van der Waals surface area contributed by atoms with Gasteiger partial charge >= 0.3 is 0 Å². The Bertz CT molecular complexity index is 911. The predicted octanol–water partition coefficient (Wildman–Crippen LogP) is 1.33. The van der Waals surface area contributed by atoms with Crippen LogP contribution in [0.1, 0.15) is 11.1 Å². The molecule has 0 spiro atoms. The van der Waals surface area contributed by atoms with Gasteiger partial charge in [0.15, 0.2) is 0 Å². The van der Waals surface area contributed by atoms with Gasteiger partial charge < -0.3 is 10.1 Å². The molecular weight excluding hydrogens is 402 g/mol. The maximum absolute atomic E-state index is 12.9. The van der Waals surface area contributed by atoms with Crippen LogP contribution in [-0.4, -0.2) is 64.7 Å². The molecule has 30 heavy (non-hydrogen) atoms. The van der Waals surface area contributed by atoms with Crippen molar-refractivity contribution in [2.45, 2.75) is 24.3 Å². The Balaban J connectivity index is 1.67. The number of rotatable bonds is 9. The van der Waals surface area contributed by atoms with E-state index >= 15 is 0 Å². The molecule has 1 heterocycles. The minimum absolute atomic E-state index is 0.146. The van der Waals surface area contributed by atoms with Crippen LogP contribution in [0.5, 0.6) is 0 Å². The average Bonchev–Trinajstić information content (AvgIpc) is 2.75. The van der Waals surface area contributed by atoms with Gasteiger partial charge in [-0.2, -0.15) is 4.72 Å². The summed E-state index contributed by atoms with van der Waals surface area (Å²) in [5, 5.41) is 2.89. The van der Waals surface area contributed by atoms with Crippen LogP contribution in [0.15, 0.2) is 59.5 Å². The normalized spacial score (nSPS) is 16.2. The van der Waals surface area contributed by atoms with Crippen molar-refractivity contribution in [2.24, 2.45) is 0 Å². The maximum atomic E-state index is 12.9. The van der Waals surface area contributed by atoms with Crippen molar-refractivity contribution in [3.05, 3.63) is 65.7 Å². The Labute approximate surface area is 178 Å². The van der Waals surface area contributed by atoms with Gasteiger partial charge in [-0.25, -0.2) is 8.42 Å². The first-order valence-corrected chi connectivity index (χ1v) is 11.6. The first-order chi connectivity index (χ1) is 14.4. The number of aryl methyl sites for hydroxylation is 1. The van der Waals surface area contributed by atoms with Gasteiger partial charge in [-0.15, -0.1) is 0 Å². The number of sulfonamides is 1. The molecule has 3 rings (SSSR count). The van der Waals surface area contributed by atoms with Crippen LogP contribution < -0.4 is 10.0 Å². The molecule has 1 aliphatic heterocycles. The van der Waals surface area contributed by atoms with E-state index in [1.165, 1.54) is 0 Å². The zero-order valence-corrected chi connectivity index (χ0v) is 18.0. The van der Waals surface area contributed by atoms with E-state index in [0.717, 1.165) is 24.2 Å². The summed E-state index contributed by atoms with van der Waals surface area (Å²) in [6, 6.07) is 15.1. The van der Waals surface area contributed by atoms with E-state index in [1.54, 1.807) is 24.3 Å². The second-order valence-corrected chi connectivity index (χ2v) is 9.14. The highest BCUT2D eigenvalue weighted by Gasteiger charge is 2.26. The predicted molar refractivity (Wildman–Crippen MR) is 116 cm³/mol. The van der Waals surface area contributed by atoms with Crippen LogP contribution in [0.2, 0.25) is 0 Å². The lowest BCUT2D eigenvalue weighted by atomic mass is 10.1. The molecule has 2 N–H and O–H groups in total. The molecule has 0 unspecified atom stereocenters. The summed E-state index contributed by atoms with van der Waals surface area (Å²) in [5.74, 6) is -0.331. The lowest BCUT2D eigenvalue weighted by molar-refractivity contribution is -0.122. The standard InChI is InChI=1S/C22H29N3O4S/c1-18-7-9-20(10-8-18)30(27,28)24-21(17-19-5-3-2-4-6-19)22(26)23-11-12-25-13-15-29-16-14-25/h2-10,21,24H,11-17H2,1H3,(H,23,26)/t21-/m1/s1. The molecule has 1 amide bonds. The van der Waals surface area contributed by atoms with Crippen molar-refractivity contribution in [3.8, 4) is 0 Å². The molecule has 1 saturated heterocycles. The highest BCUT2D eigenvalue weighted by Crippen LogP contribution is 2.12. The van der Waals surface area contributed by atoms with Crippen molar-refractivity contribution >= 4 is 15.9 Å². The van der Waals surface area contributed by atoms with Crippen LogP contribution >= 0.6 is 0 Å². The van der Waals surface area contributed by atoms with E-state index in [4.69, 9.17) is 4.74 Å². The van der Waals surface area contributed by atoms with Gasteiger partial charge in [0.1, 0.15) is 6.04 Å². The first-order valence-electron chi connectivity index (χ1n) is 10.1. The molecule has 1 atom stereocenters. The topological polar surface area (TPSA) is 87.7 Å². The van der Waals surface area contributed by atoms with Gasteiger partial charge in [0.25, 0.3) is 0 Å². The van der Waals surface area contributed by atoms with E-state index in [9.17, 15) is 13.2 Å². The molecule has 7 nitrogen and oxygen atoms in total. The van der Waals surface area contributed by atoms with E-state index in [1.807, 2.05) is 37.3 Å². The van der Waals surface area contributed by atoms with Crippen LogP contribution in [0, 0.1) is 6.92 Å². The fourth-order valence-corrected chi connectivity index (χ4v) is 4.49. The summed E-state index contributed by atoms with van der Waals surface area (Å²) in [6.45, 7) is 6.12. The molecule has 0 bridgehead atoms. The second-order valence-electron chi connectivity index (χ2n) is 7.42. The summed E-state index contributed by atoms with van der Waals surface area (Å²) in [5.41, 5.74) is 1.85. The van der Waals surface area contributed by atoms with E-state index < -0.39 is 16.1 Å². The Kier molecular flexibility index (Phi) is 7.98. The molecule has 0 aromatic heterocycles. The van der Waals surface area contributed by atoms with Crippen LogP contribution in [0.25, 0.3) is 0 Å². The molecule has 162 valence electrons. The van der Waals surface area contributed by atoms with Crippen molar-refractivity contribution in [1.29, 1.82) is 0 Å². The lowest BCUT2D eigenvalue weighted by Crippen LogP contribution is -2.49. The second kappa shape index (κ2) is 10.7.